The summed E-state index contributed by atoms with van der Waals surface area (Å²) < 4.78 is 6.29. The van der Waals surface area contributed by atoms with E-state index in [1.54, 1.807) is 0 Å². The summed E-state index contributed by atoms with van der Waals surface area (Å²) in [4.78, 5) is 2.40. The van der Waals surface area contributed by atoms with E-state index in [1.807, 2.05) is 0 Å². The molecular weight excluding hydrogens is 248 g/mol. The number of anilines is 1. The first kappa shape index (κ1) is 13.7. The van der Waals surface area contributed by atoms with E-state index in [0.29, 0.717) is 12.1 Å². The van der Waals surface area contributed by atoms with Crippen LogP contribution in [0.2, 0.25) is 0 Å². The van der Waals surface area contributed by atoms with Gasteiger partial charge < -0.3 is 15.4 Å². The first-order chi connectivity index (χ1) is 9.83. The lowest BCUT2D eigenvalue weighted by molar-refractivity contribution is 0.155. The van der Waals surface area contributed by atoms with E-state index in [9.17, 15) is 0 Å². The predicted octanol–water partition coefficient (Wildman–Crippen LogP) is 3.33. The van der Waals surface area contributed by atoms with Crippen LogP contribution in [0.25, 0.3) is 0 Å². The van der Waals surface area contributed by atoms with Crippen LogP contribution in [-0.4, -0.2) is 25.2 Å². The summed E-state index contributed by atoms with van der Waals surface area (Å²) in [6, 6.07) is 8.76. The largest absolute Gasteiger partial charge is 0.488 e. The van der Waals surface area contributed by atoms with Crippen molar-refractivity contribution in [3.05, 3.63) is 24.3 Å². The van der Waals surface area contributed by atoms with Crippen molar-refractivity contribution in [2.75, 3.05) is 18.0 Å². The van der Waals surface area contributed by atoms with Crippen molar-refractivity contribution in [1.29, 1.82) is 0 Å². The van der Waals surface area contributed by atoms with Crippen molar-refractivity contribution in [2.45, 2.75) is 57.1 Å². The second-order valence-corrected chi connectivity index (χ2v) is 6.19. The van der Waals surface area contributed by atoms with Gasteiger partial charge in [-0.2, -0.15) is 0 Å². The van der Waals surface area contributed by atoms with Crippen LogP contribution in [0.5, 0.6) is 5.75 Å². The molecule has 1 heterocycles. The molecule has 2 aliphatic rings. The van der Waals surface area contributed by atoms with Crippen LogP contribution in [-0.2, 0) is 0 Å². The number of para-hydroxylation sites is 2. The number of rotatable bonds is 3. The molecule has 2 N–H and O–H groups in total. The molecular formula is C17H26N2O. The van der Waals surface area contributed by atoms with Crippen LogP contribution >= 0.6 is 0 Å². The van der Waals surface area contributed by atoms with Crippen molar-refractivity contribution >= 4 is 5.69 Å². The molecule has 110 valence electrons. The predicted molar refractivity (Wildman–Crippen MR) is 83.4 cm³/mol. The van der Waals surface area contributed by atoms with Gasteiger partial charge in [-0.25, -0.2) is 0 Å². The molecule has 0 bridgehead atoms. The van der Waals surface area contributed by atoms with E-state index in [1.165, 1.54) is 44.2 Å². The highest BCUT2D eigenvalue weighted by atomic mass is 16.5. The molecule has 2 fully saturated rings. The van der Waals surface area contributed by atoms with Gasteiger partial charge in [0.1, 0.15) is 5.75 Å². The molecule has 1 atom stereocenters. The smallest absolute Gasteiger partial charge is 0.143 e. The van der Waals surface area contributed by atoms with E-state index in [0.717, 1.165) is 25.3 Å². The van der Waals surface area contributed by atoms with Gasteiger partial charge >= 0.3 is 0 Å². The van der Waals surface area contributed by atoms with Gasteiger partial charge in [-0.1, -0.05) is 18.6 Å². The van der Waals surface area contributed by atoms with Crippen LogP contribution in [0.1, 0.15) is 44.9 Å². The third kappa shape index (κ3) is 3.26. The molecule has 0 amide bonds. The van der Waals surface area contributed by atoms with E-state index in [2.05, 4.69) is 29.2 Å². The summed E-state index contributed by atoms with van der Waals surface area (Å²) in [6.07, 6.45) is 9.11. The van der Waals surface area contributed by atoms with Gasteiger partial charge in [0, 0.05) is 19.1 Å². The minimum Gasteiger partial charge on any atom is -0.488 e. The van der Waals surface area contributed by atoms with Crippen LogP contribution in [0.15, 0.2) is 24.3 Å². The molecule has 20 heavy (non-hydrogen) atoms. The van der Waals surface area contributed by atoms with Gasteiger partial charge in [-0.05, 0) is 50.7 Å². The fraction of sp³-hybridized carbons (Fsp3) is 0.647. The maximum absolute atomic E-state index is 6.29. The lowest BCUT2D eigenvalue weighted by atomic mass is 9.98. The average molecular weight is 274 g/mol. The van der Waals surface area contributed by atoms with Crippen molar-refractivity contribution in [2.24, 2.45) is 5.73 Å². The second kappa shape index (κ2) is 6.49. The van der Waals surface area contributed by atoms with Crippen LogP contribution < -0.4 is 15.4 Å². The number of piperidine rings is 1. The zero-order chi connectivity index (χ0) is 13.8. The van der Waals surface area contributed by atoms with Crippen molar-refractivity contribution in [3.63, 3.8) is 0 Å². The standard InChI is InChI=1S/C17H26N2O/c18-14-7-6-12-19(13-14)16-10-4-5-11-17(16)20-15-8-2-1-3-9-15/h4-5,10-11,14-15H,1-3,6-9,12-13,18H2. The van der Waals surface area contributed by atoms with E-state index >= 15 is 0 Å². The Bertz CT molecular complexity index is 429. The lowest BCUT2D eigenvalue weighted by Crippen LogP contribution is -2.43. The Balaban J connectivity index is 1.73. The Morgan fingerprint density at radius 3 is 2.60 bits per heavy atom. The minimum absolute atomic E-state index is 0.298. The summed E-state index contributed by atoms with van der Waals surface area (Å²) in [5.41, 5.74) is 7.34. The molecule has 1 aromatic carbocycles. The normalized spacial score (nSPS) is 24.6. The van der Waals surface area contributed by atoms with Crippen LogP contribution in [0.4, 0.5) is 5.69 Å². The maximum atomic E-state index is 6.29. The van der Waals surface area contributed by atoms with Crippen molar-refractivity contribution in [1.82, 2.24) is 0 Å². The van der Waals surface area contributed by atoms with E-state index in [4.69, 9.17) is 10.5 Å². The molecule has 3 heteroatoms. The summed E-state index contributed by atoms with van der Waals surface area (Å²) >= 11 is 0. The molecule has 1 aliphatic carbocycles. The van der Waals surface area contributed by atoms with Gasteiger partial charge in [-0.15, -0.1) is 0 Å². The van der Waals surface area contributed by atoms with E-state index in [-0.39, 0.29) is 0 Å². The first-order valence-corrected chi connectivity index (χ1v) is 8.09. The fourth-order valence-electron chi connectivity index (χ4n) is 3.41. The summed E-state index contributed by atoms with van der Waals surface area (Å²) in [5.74, 6) is 1.05. The molecule has 0 radical (unpaired) electrons. The topological polar surface area (TPSA) is 38.5 Å². The van der Waals surface area contributed by atoms with E-state index < -0.39 is 0 Å². The molecule has 1 aromatic rings. The highest BCUT2D eigenvalue weighted by molar-refractivity contribution is 5.58. The Kier molecular flexibility index (Phi) is 4.46. The van der Waals surface area contributed by atoms with Gasteiger partial charge in [0.2, 0.25) is 0 Å². The van der Waals surface area contributed by atoms with Gasteiger partial charge in [0.05, 0.1) is 11.8 Å². The number of hydrogen-bond donors (Lipinski definition) is 1. The SMILES string of the molecule is NC1CCCN(c2ccccc2OC2CCCCC2)C1. The molecule has 1 saturated carbocycles. The molecule has 0 spiro atoms. The van der Waals surface area contributed by atoms with Gasteiger partial charge in [0.15, 0.2) is 0 Å². The number of nitrogens with two attached hydrogens (primary N) is 1. The Hall–Kier alpha value is -1.22. The third-order valence-electron chi connectivity index (χ3n) is 4.51. The van der Waals surface area contributed by atoms with Gasteiger partial charge in [0.25, 0.3) is 0 Å². The highest BCUT2D eigenvalue weighted by Gasteiger charge is 2.21. The maximum Gasteiger partial charge on any atom is 0.143 e. The Labute approximate surface area is 122 Å². The fourth-order valence-corrected chi connectivity index (χ4v) is 3.41. The lowest BCUT2D eigenvalue weighted by Gasteiger charge is -2.34. The molecule has 0 aromatic heterocycles. The Morgan fingerprint density at radius 1 is 1.00 bits per heavy atom. The number of nitrogens with zero attached hydrogens (tertiary/aromatic N) is 1. The number of hydrogen-bond acceptors (Lipinski definition) is 3. The number of benzene rings is 1. The third-order valence-corrected chi connectivity index (χ3v) is 4.51. The molecule has 1 unspecified atom stereocenters. The Morgan fingerprint density at radius 2 is 1.80 bits per heavy atom. The monoisotopic (exact) mass is 274 g/mol. The highest BCUT2D eigenvalue weighted by Crippen LogP contribution is 2.33. The first-order valence-electron chi connectivity index (χ1n) is 8.09. The zero-order valence-electron chi connectivity index (χ0n) is 12.3. The zero-order valence-corrected chi connectivity index (χ0v) is 12.3. The van der Waals surface area contributed by atoms with Crippen molar-refractivity contribution in [3.8, 4) is 5.75 Å². The second-order valence-electron chi connectivity index (χ2n) is 6.19. The van der Waals surface area contributed by atoms with Crippen molar-refractivity contribution < 1.29 is 4.74 Å². The molecule has 1 aliphatic heterocycles. The molecule has 1 saturated heterocycles. The van der Waals surface area contributed by atoms with Gasteiger partial charge in [-0.3, -0.25) is 0 Å². The number of ether oxygens (including phenoxy) is 1. The quantitative estimate of drug-likeness (QED) is 0.919. The van der Waals surface area contributed by atoms with Crippen LogP contribution in [0.3, 0.4) is 0 Å². The summed E-state index contributed by atoms with van der Waals surface area (Å²) in [5, 5.41) is 0. The molecule has 3 nitrogen and oxygen atoms in total. The van der Waals surface area contributed by atoms with Crippen LogP contribution in [0, 0.1) is 0 Å². The summed E-state index contributed by atoms with van der Waals surface area (Å²) in [6.45, 7) is 2.05. The summed E-state index contributed by atoms with van der Waals surface area (Å²) in [7, 11) is 0. The molecule has 3 rings (SSSR count). The average Bonchev–Trinajstić information content (AvgIpc) is 2.49. The minimum atomic E-state index is 0.298.